The summed E-state index contributed by atoms with van der Waals surface area (Å²) in [6.07, 6.45) is 5.02. The van der Waals surface area contributed by atoms with Crippen LogP contribution in [0.3, 0.4) is 0 Å². The lowest BCUT2D eigenvalue weighted by atomic mass is 9.95. The number of benzene rings is 3. The molecule has 0 bridgehead atoms. The zero-order chi connectivity index (χ0) is 24.2. The molecule has 0 atom stereocenters. The summed E-state index contributed by atoms with van der Waals surface area (Å²) in [7, 11) is -3.30. The van der Waals surface area contributed by atoms with Crippen LogP contribution in [0.2, 0.25) is 0 Å². The minimum absolute atomic E-state index is 0.199. The summed E-state index contributed by atoms with van der Waals surface area (Å²) in [5, 5.41) is 11.1. The lowest BCUT2D eigenvalue weighted by Crippen LogP contribution is -2.04. The SMILES string of the molecule is CCCCOP(=O)(Cc1cc(Cc2ccccc2)c(O)c(Cc2ccccc2)c1)OCCCC. The minimum atomic E-state index is -3.30. The van der Waals surface area contributed by atoms with Gasteiger partial charge in [-0.3, -0.25) is 4.57 Å². The Labute approximate surface area is 204 Å². The fourth-order valence-electron chi connectivity index (χ4n) is 3.87. The molecule has 0 spiro atoms. The highest BCUT2D eigenvalue weighted by atomic mass is 31.2. The normalized spacial score (nSPS) is 11.6. The largest absolute Gasteiger partial charge is 0.507 e. The van der Waals surface area contributed by atoms with E-state index in [0.29, 0.717) is 31.8 Å². The molecular formula is C29H37O4P. The highest BCUT2D eigenvalue weighted by molar-refractivity contribution is 7.53. The highest BCUT2D eigenvalue weighted by Gasteiger charge is 2.26. The molecule has 0 aliphatic heterocycles. The number of hydrogen-bond donors (Lipinski definition) is 1. The van der Waals surface area contributed by atoms with Crippen molar-refractivity contribution in [2.45, 2.75) is 58.5 Å². The van der Waals surface area contributed by atoms with E-state index < -0.39 is 7.60 Å². The maximum Gasteiger partial charge on any atom is 0.335 e. The summed E-state index contributed by atoms with van der Waals surface area (Å²) >= 11 is 0. The van der Waals surface area contributed by atoms with Gasteiger partial charge in [-0.05, 0) is 40.7 Å². The summed E-state index contributed by atoms with van der Waals surface area (Å²) in [4.78, 5) is 0. The molecule has 0 saturated carbocycles. The van der Waals surface area contributed by atoms with Crippen molar-refractivity contribution in [2.75, 3.05) is 13.2 Å². The van der Waals surface area contributed by atoms with Gasteiger partial charge in [-0.1, -0.05) is 99.5 Å². The molecule has 34 heavy (non-hydrogen) atoms. The van der Waals surface area contributed by atoms with Crippen molar-refractivity contribution in [2.24, 2.45) is 0 Å². The first-order valence-electron chi connectivity index (χ1n) is 12.3. The summed E-state index contributed by atoms with van der Waals surface area (Å²) in [5.41, 5.74) is 4.74. The third-order valence-corrected chi connectivity index (χ3v) is 7.65. The maximum atomic E-state index is 13.6. The van der Waals surface area contributed by atoms with Crippen molar-refractivity contribution >= 4 is 7.60 Å². The minimum Gasteiger partial charge on any atom is -0.507 e. The van der Waals surface area contributed by atoms with Gasteiger partial charge < -0.3 is 14.2 Å². The third kappa shape index (κ3) is 8.13. The predicted molar refractivity (Wildman–Crippen MR) is 140 cm³/mol. The van der Waals surface area contributed by atoms with Gasteiger partial charge in [-0.2, -0.15) is 0 Å². The molecule has 1 N–H and O–H groups in total. The van der Waals surface area contributed by atoms with E-state index in [2.05, 4.69) is 38.1 Å². The molecule has 3 rings (SSSR count). The van der Waals surface area contributed by atoms with Crippen LogP contribution in [-0.4, -0.2) is 18.3 Å². The molecule has 0 unspecified atom stereocenters. The van der Waals surface area contributed by atoms with E-state index in [9.17, 15) is 9.67 Å². The molecule has 0 fully saturated rings. The van der Waals surface area contributed by atoms with E-state index in [1.807, 2.05) is 48.5 Å². The lowest BCUT2D eigenvalue weighted by Gasteiger charge is -2.20. The van der Waals surface area contributed by atoms with Crippen molar-refractivity contribution in [3.63, 3.8) is 0 Å². The number of unbranched alkanes of at least 4 members (excludes halogenated alkanes) is 2. The summed E-state index contributed by atoms with van der Waals surface area (Å²) in [6.45, 7) is 5.01. The molecule has 4 nitrogen and oxygen atoms in total. The van der Waals surface area contributed by atoms with E-state index in [0.717, 1.165) is 53.5 Å². The fraction of sp³-hybridized carbons (Fsp3) is 0.379. The molecule has 3 aromatic rings. The van der Waals surface area contributed by atoms with Crippen LogP contribution in [0.25, 0.3) is 0 Å². The van der Waals surface area contributed by atoms with Gasteiger partial charge in [0.25, 0.3) is 0 Å². The summed E-state index contributed by atoms with van der Waals surface area (Å²) < 4.78 is 25.3. The molecule has 3 aromatic carbocycles. The van der Waals surface area contributed by atoms with E-state index >= 15 is 0 Å². The number of hydrogen-bond acceptors (Lipinski definition) is 4. The highest BCUT2D eigenvalue weighted by Crippen LogP contribution is 2.52. The molecule has 5 heteroatoms. The Balaban J connectivity index is 1.93. The maximum absolute atomic E-state index is 13.6. The molecule has 182 valence electrons. The Hall–Kier alpha value is -2.39. The zero-order valence-electron chi connectivity index (χ0n) is 20.4. The zero-order valence-corrected chi connectivity index (χ0v) is 21.3. The van der Waals surface area contributed by atoms with Crippen LogP contribution in [0.15, 0.2) is 72.8 Å². The van der Waals surface area contributed by atoms with Gasteiger partial charge >= 0.3 is 7.60 Å². The monoisotopic (exact) mass is 480 g/mol. The molecule has 0 saturated heterocycles. The second-order valence-electron chi connectivity index (χ2n) is 8.73. The molecule has 0 heterocycles. The van der Waals surface area contributed by atoms with Crippen LogP contribution in [0.5, 0.6) is 5.75 Å². The summed E-state index contributed by atoms with van der Waals surface area (Å²) in [5.74, 6) is 0.296. The molecule has 0 radical (unpaired) electrons. The smallest absolute Gasteiger partial charge is 0.335 e. The predicted octanol–water partition coefficient (Wildman–Crippen LogP) is 7.90. The number of phenols is 1. The van der Waals surface area contributed by atoms with Gasteiger partial charge in [0.1, 0.15) is 5.75 Å². The van der Waals surface area contributed by atoms with Crippen molar-refractivity contribution in [3.05, 3.63) is 101 Å². The lowest BCUT2D eigenvalue weighted by molar-refractivity contribution is 0.199. The van der Waals surface area contributed by atoms with E-state index in [4.69, 9.17) is 9.05 Å². The van der Waals surface area contributed by atoms with Gasteiger partial charge in [0.15, 0.2) is 0 Å². The molecule has 0 aliphatic rings. The van der Waals surface area contributed by atoms with Crippen LogP contribution in [-0.2, 0) is 32.6 Å². The standard InChI is InChI=1S/C29H37O4P/c1-3-5-17-32-34(31,33-18-6-4-2)23-26-21-27(19-24-13-9-7-10-14-24)29(30)28(22-26)20-25-15-11-8-12-16-25/h7-16,21-22,30H,3-6,17-20,23H2,1-2H3. The van der Waals surface area contributed by atoms with Gasteiger partial charge in [-0.15, -0.1) is 0 Å². The van der Waals surface area contributed by atoms with Crippen LogP contribution in [0, 0.1) is 0 Å². The van der Waals surface area contributed by atoms with Gasteiger partial charge in [-0.25, -0.2) is 0 Å². The molecule has 0 aliphatic carbocycles. The Morgan fingerprint density at radius 1 is 0.706 bits per heavy atom. The summed E-state index contributed by atoms with van der Waals surface area (Å²) in [6, 6.07) is 24.1. The first-order chi connectivity index (χ1) is 16.5. The van der Waals surface area contributed by atoms with E-state index in [-0.39, 0.29) is 6.16 Å². The first-order valence-corrected chi connectivity index (χ1v) is 14.1. The fourth-order valence-corrected chi connectivity index (χ4v) is 5.57. The van der Waals surface area contributed by atoms with Crippen LogP contribution in [0.1, 0.15) is 67.3 Å². The quantitative estimate of drug-likeness (QED) is 0.188. The second-order valence-corrected chi connectivity index (χ2v) is 10.8. The number of rotatable bonds is 14. The van der Waals surface area contributed by atoms with Crippen LogP contribution < -0.4 is 0 Å². The average molecular weight is 481 g/mol. The molecule has 0 amide bonds. The van der Waals surface area contributed by atoms with Crippen molar-refractivity contribution in [1.29, 1.82) is 0 Å². The van der Waals surface area contributed by atoms with Gasteiger partial charge in [0, 0.05) is 12.8 Å². The molecular weight excluding hydrogens is 443 g/mol. The van der Waals surface area contributed by atoms with Crippen molar-refractivity contribution in [3.8, 4) is 5.75 Å². The number of phenolic OH excluding ortho intramolecular Hbond substituents is 1. The van der Waals surface area contributed by atoms with Crippen LogP contribution in [0.4, 0.5) is 0 Å². The second kappa shape index (κ2) is 13.5. The Morgan fingerprint density at radius 3 is 1.56 bits per heavy atom. The average Bonchev–Trinajstić information content (AvgIpc) is 2.84. The number of aromatic hydroxyl groups is 1. The van der Waals surface area contributed by atoms with Gasteiger partial charge in [0.05, 0.1) is 19.4 Å². The van der Waals surface area contributed by atoms with Gasteiger partial charge in [0.2, 0.25) is 0 Å². The topological polar surface area (TPSA) is 55.8 Å². The van der Waals surface area contributed by atoms with Crippen molar-refractivity contribution < 1.29 is 18.7 Å². The Kier molecular flexibility index (Phi) is 10.4. The third-order valence-electron chi connectivity index (χ3n) is 5.75. The van der Waals surface area contributed by atoms with E-state index in [1.165, 1.54) is 0 Å². The Bertz CT molecular complexity index is 974. The Morgan fingerprint density at radius 2 is 1.15 bits per heavy atom. The molecule has 0 aromatic heterocycles. The first kappa shape index (κ1) is 26.2. The van der Waals surface area contributed by atoms with Crippen molar-refractivity contribution in [1.82, 2.24) is 0 Å². The van der Waals surface area contributed by atoms with E-state index in [1.54, 1.807) is 0 Å². The van der Waals surface area contributed by atoms with Crippen LogP contribution >= 0.6 is 7.60 Å².